The molecule has 0 fully saturated rings. The van der Waals surface area contributed by atoms with E-state index < -0.39 is 0 Å². The van der Waals surface area contributed by atoms with Crippen molar-refractivity contribution in [3.8, 4) is 0 Å². The third-order valence-electron chi connectivity index (χ3n) is 6.01. The summed E-state index contributed by atoms with van der Waals surface area (Å²) in [5.74, 6) is 0. The van der Waals surface area contributed by atoms with Gasteiger partial charge in [0.15, 0.2) is 0 Å². The molecule has 0 spiro atoms. The molecule has 4 aromatic carbocycles. The molecule has 0 bridgehead atoms. The SMILES string of the molecule is O=c1oc2ccccc2cc1C1=Nc2ccccc2N[C@@H](c2ccc3ccccc3c2)C1. The number of nitrogens with zero attached hydrogens (tertiary/aromatic N) is 1. The lowest BCUT2D eigenvalue weighted by atomic mass is 9.95. The van der Waals surface area contributed by atoms with E-state index in [1.54, 1.807) is 0 Å². The molecular weight excluding hydrogens is 396 g/mol. The van der Waals surface area contributed by atoms with Gasteiger partial charge in [0.2, 0.25) is 0 Å². The van der Waals surface area contributed by atoms with E-state index in [4.69, 9.17) is 9.41 Å². The maximum Gasteiger partial charge on any atom is 0.345 e. The van der Waals surface area contributed by atoms with E-state index in [-0.39, 0.29) is 11.7 Å². The van der Waals surface area contributed by atoms with Crippen LogP contribution in [0.15, 0.2) is 111 Å². The summed E-state index contributed by atoms with van der Waals surface area (Å²) in [6.07, 6.45) is 0.566. The summed E-state index contributed by atoms with van der Waals surface area (Å²) < 4.78 is 5.62. The van der Waals surface area contributed by atoms with Crippen molar-refractivity contribution in [3.05, 3.63) is 119 Å². The van der Waals surface area contributed by atoms with Crippen molar-refractivity contribution in [2.45, 2.75) is 12.5 Å². The molecule has 0 saturated heterocycles. The maximum absolute atomic E-state index is 12.9. The predicted molar refractivity (Wildman–Crippen MR) is 130 cm³/mol. The normalized spacial score (nSPS) is 15.6. The van der Waals surface area contributed by atoms with Crippen LogP contribution in [-0.2, 0) is 0 Å². The number of hydrogen-bond donors (Lipinski definition) is 1. The molecule has 1 aromatic heterocycles. The second-order valence-corrected chi connectivity index (χ2v) is 8.07. The Hall–Kier alpha value is -4.18. The molecule has 0 amide bonds. The van der Waals surface area contributed by atoms with E-state index in [0.29, 0.717) is 17.6 Å². The highest BCUT2D eigenvalue weighted by atomic mass is 16.4. The first kappa shape index (κ1) is 18.6. The molecule has 4 heteroatoms. The highest BCUT2D eigenvalue weighted by Crippen LogP contribution is 2.36. The first-order valence-corrected chi connectivity index (χ1v) is 10.7. The molecule has 2 heterocycles. The van der Waals surface area contributed by atoms with Crippen LogP contribution in [0, 0.1) is 0 Å². The Labute approximate surface area is 184 Å². The van der Waals surface area contributed by atoms with Gasteiger partial charge in [0.25, 0.3) is 0 Å². The fourth-order valence-electron chi connectivity index (χ4n) is 4.38. The molecule has 32 heavy (non-hydrogen) atoms. The Kier molecular flexibility index (Phi) is 4.36. The van der Waals surface area contributed by atoms with Gasteiger partial charge in [0.1, 0.15) is 5.58 Å². The molecule has 6 rings (SSSR count). The maximum atomic E-state index is 12.9. The van der Waals surface area contributed by atoms with Crippen LogP contribution in [0.4, 0.5) is 11.4 Å². The molecule has 0 saturated carbocycles. The summed E-state index contributed by atoms with van der Waals surface area (Å²) in [6.45, 7) is 0. The second-order valence-electron chi connectivity index (χ2n) is 8.07. The highest BCUT2D eigenvalue weighted by molar-refractivity contribution is 6.05. The van der Waals surface area contributed by atoms with Crippen molar-refractivity contribution in [1.82, 2.24) is 0 Å². The molecule has 1 N–H and O–H groups in total. The van der Waals surface area contributed by atoms with E-state index >= 15 is 0 Å². The molecule has 1 aliphatic rings. The Bertz CT molecular complexity index is 1570. The van der Waals surface area contributed by atoms with Crippen LogP contribution in [0.1, 0.15) is 23.6 Å². The number of aliphatic imine (C=N–C) groups is 1. The molecular formula is C28H20N2O2. The van der Waals surface area contributed by atoms with Gasteiger partial charge in [-0.15, -0.1) is 0 Å². The third-order valence-corrected chi connectivity index (χ3v) is 6.01. The Balaban J connectivity index is 1.51. The van der Waals surface area contributed by atoms with Gasteiger partial charge in [-0.25, -0.2) is 4.79 Å². The fraction of sp³-hybridized carbons (Fsp3) is 0.0714. The number of nitrogens with one attached hydrogen (secondary N) is 1. The van der Waals surface area contributed by atoms with Gasteiger partial charge < -0.3 is 9.73 Å². The zero-order valence-electron chi connectivity index (χ0n) is 17.3. The summed E-state index contributed by atoms with van der Waals surface area (Å²) in [5, 5.41) is 6.93. The minimum absolute atomic E-state index is 0.0344. The number of hydrogen-bond acceptors (Lipinski definition) is 4. The molecule has 0 unspecified atom stereocenters. The number of anilines is 1. The standard InChI is InChI=1S/C28H20N2O2/c31-28-22(16-21-9-3-6-12-27(21)32-28)26-17-25(29-23-10-4-5-11-24(23)30-26)20-14-13-18-7-1-2-8-19(18)15-20/h1-16,25,29H,17H2/t25-/m1/s1. The Morgan fingerprint density at radius 1 is 0.781 bits per heavy atom. The summed E-state index contributed by atoms with van der Waals surface area (Å²) in [6, 6.07) is 32.2. The summed E-state index contributed by atoms with van der Waals surface area (Å²) >= 11 is 0. The summed E-state index contributed by atoms with van der Waals surface area (Å²) in [5.41, 5.74) is 4.37. The molecule has 0 aliphatic carbocycles. The van der Waals surface area contributed by atoms with Crippen molar-refractivity contribution in [2.75, 3.05) is 5.32 Å². The van der Waals surface area contributed by atoms with Crippen LogP contribution in [0.25, 0.3) is 21.7 Å². The molecule has 5 aromatic rings. The average Bonchev–Trinajstić information content (AvgIpc) is 3.03. The van der Waals surface area contributed by atoms with Crippen molar-refractivity contribution in [3.63, 3.8) is 0 Å². The van der Waals surface area contributed by atoms with Gasteiger partial charge in [-0.1, -0.05) is 66.7 Å². The van der Waals surface area contributed by atoms with E-state index in [0.717, 1.165) is 28.0 Å². The van der Waals surface area contributed by atoms with Gasteiger partial charge in [-0.05, 0) is 46.7 Å². The van der Waals surface area contributed by atoms with Gasteiger partial charge in [0, 0.05) is 11.8 Å². The van der Waals surface area contributed by atoms with Crippen molar-refractivity contribution >= 4 is 38.8 Å². The van der Waals surface area contributed by atoms with Crippen LogP contribution >= 0.6 is 0 Å². The smallest absolute Gasteiger partial charge is 0.345 e. The van der Waals surface area contributed by atoms with E-state index in [9.17, 15) is 4.79 Å². The predicted octanol–water partition coefficient (Wildman–Crippen LogP) is 6.62. The van der Waals surface area contributed by atoms with Gasteiger partial charge in [0.05, 0.1) is 28.7 Å². The molecule has 4 nitrogen and oxygen atoms in total. The van der Waals surface area contributed by atoms with Crippen LogP contribution < -0.4 is 10.9 Å². The minimum atomic E-state index is -0.362. The number of fused-ring (bicyclic) bond motifs is 3. The molecule has 154 valence electrons. The minimum Gasteiger partial charge on any atom is -0.422 e. The van der Waals surface area contributed by atoms with Crippen molar-refractivity contribution in [2.24, 2.45) is 4.99 Å². The van der Waals surface area contributed by atoms with Gasteiger partial charge >= 0.3 is 5.63 Å². The Morgan fingerprint density at radius 2 is 1.53 bits per heavy atom. The zero-order chi connectivity index (χ0) is 21.5. The first-order chi connectivity index (χ1) is 15.7. The lowest BCUT2D eigenvalue weighted by Crippen LogP contribution is -2.19. The summed E-state index contributed by atoms with van der Waals surface area (Å²) in [4.78, 5) is 17.8. The van der Waals surface area contributed by atoms with Gasteiger partial charge in [-0.3, -0.25) is 4.99 Å². The molecule has 0 radical (unpaired) electrons. The first-order valence-electron chi connectivity index (χ1n) is 10.7. The lowest BCUT2D eigenvalue weighted by molar-refractivity contribution is 0.559. The topological polar surface area (TPSA) is 54.6 Å². The van der Waals surface area contributed by atoms with Crippen LogP contribution in [0.5, 0.6) is 0 Å². The number of para-hydroxylation sites is 3. The highest BCUT2D eigenvalue weighted by Gasteiger charge is 2.23. The van der Waals surface area contributed by atoms with Crippen LogP contribution in [0.2, 0.25) is 0 Å². The number of rotatable bonds is 2. The van der Waals surface area contributed by atoms with E-state index in [1.165, 1.54) is 10.8 Å². The molecule has 1 atom stereocenters. The fourth-order valence-corrected chi connectivity index (χ4v) is 4.38. The molecule has 1 aliphatic heterocycles. The number of benzene rings is 4. The van der Waals surface area contributed by atoms with Crippen LogP contribution in [-0.4, -0.2) is 5.71 Å². The zero-order valence-corrected chi connectivity index (χ0v) is 17.3. The van der Waals surface area contributed by atoms with Gasteiger partial charge in [-0.2, -0.15) is 0 Å². The largest absolute Gasteiger partial charge is 0.422 e. The average molecular weight is 416 g/mol. The lowest BCUT2D eigenvalue weighted by Gasteiger charge is -2.20. The summed E-state index contributed by atoms with van der Waals surface area (Å²) in [7, 11) is 0. The second kappa shape index (κ2) is 7.50. The quantitative estimate of drug-likeness (QED) is 0.329. The Morgan fingerprint density at radius 3 is 2.44 bits per heavy atom. The monoisotopic (exact) mass is 416 g/mol. The third kappa shape index (κ3) is 3.26. The van der Waals surface area contributed by atoms with E-state index in [2.05, 4.69) is 41.7 Å². The van der Waals surface area contributed by atoms with Crippen molar-refractivity contribution in [1.29, 1.82) is 0 Å². The van der Waals surface area contributed by atoms with Crippen LogP contribution in [0.3, 0.4) is 0 Å². The van der Waals surface area contributed by atoms with E-state index in [1.807, 2.05) is 60.7 Å². The van der Waals surface area contributed by atoms with Crippen molar-refractivity contribution < 1.29 is 4.42 Å².